The number of hydrogen-bond acceptors (Lipinski definition) is 16. The van der Waals surface area contributed by atoms with Gasteiger partial charge in [-0.25, -0.2) is 9.59 Å². The molecule has 2 saturated heterocycles. The molecule has 4 heterocycles. The van der Waals surface area contributed by atoms with E-state index in [2.05, 4.69) is 35.7 Å². The first kappa shape index (κ1) is 39.9. The van der Waals surface area contributed by atoms with Gasteiger partial charge >= 0.3 is 12.2 Å². The van der Waals surface area contributed by atoms with Crippen molar-refractivity contribution in [3.8, 4) is 0 Å². The number of aromatic nitrogens is 6. The predicted molar refractivity (Wildman–Crippen MR) is 176 cm³/mol. The fourth-order valence-corrected chi connectivity index (χ4v) is 4.28. The zero-order valence-corrected chi connectivity index (χ0v) is 29.4. The Morgan fingerprint density at radius 2 is 1.32 bits per heavy atom. The molecule has 0 spiro atoms. The third kappa shape index (κ3) is 13.4. The lowest BCUT2D eigenvalue weighted by Gasteiger charge is -2.40. The number of ether oxygens (including phenoxy) is 2. The molecule has 0 radical (unpaired) electrons. The summed E-state index contributed by atoms with van der Waals surface area (Å²) in [6.45, 7) is 13.8. The maximum absolute atomic E-state index is 12.2. The number of nitrogens with two attached hydrogens (primary N) is 2. The molecule has 0 unspecified atom stereocenters. The van der Waals surface area contributed by atoms with Crippen molar-refractivity contribution < 1.29 is 29.3 Å². The van der Waals surface area contributed by atoms with E-state index in [1.54, 1.807) is 30.6 Å². The standard InChI is InChI=1S/C13H21ClN6O3.C10H20N2O3.C3H2Cl2N4/c1-13(2,3)23-12(22)20-5-4-19(6-8(20)7-21)11-16-10(15)9(14)17-18-11;1-10(2,3)15-9(14)12-5-4-11-6-8(12)7-13;4-1-2(6)7-3(5)9-8-1/h8,21H,4-7H2,1-3H3,(H2,15,16,18);8,11,13H,4-7H2,1-3H3;(H2,6,7,9)/t2*8-;/m00./s1. The summed E-state index contributed by atoms with van der Waals surface area (Å²) in [5.41, 5.74) is 9.75. The van der Waals surface area contributed by atoms with Gasteiger partial charge in [-0.3, -0.25) is 4.90 Å². The second-order valence-electron chi connectivity index (χ2n) is 12.2. The molecule has 2 aliphatic rings. The number of anilines is 3. The third-order valence-electron chi connectivity index (χ3n) is 6.10. The normalized spacial score (nSPS) is 18.3. The van der Waals surface area contributed by atoms with Crippen LogP contribution in [0.4, 0.5) is 27.2 Å². The van der Waals surface area contributed by atoms with Crippen molar-refractivity contribution in [1.82, 2.24) is 45.5 Å². The Morgan fingerprint density at radius 3 is 1.79 bits per heavy atom. The molecule has 2 aromatic heterocycles. The van der Waals surface area contributed by atoms with Gasteiger partial charge in [0.05, 0.1) is 25.3 Å². The summed E-state index contributed by atoms with van der Waals surface area (Å²) in [7, 11) is 0. The van der Waals surface area contributed by atoms with Crippen LogP contribution in [-0.4, -0.2) is 138 Å². The van der Waals surface area contributed by atoms with Crippen LogP contribution in [0.25, 0.3) is 0 Å². The maximum Gasteiger partial charge on any atom is 0.410 e. The van der Waals surface area contributed by atoms with E-state index in [9.17, 15) is 14.7 Å². The van der Waals surface area contributed by atoms with Crippen molar-refractivity contribution in [1.29, 1.82) is 0 Å². The van der Waals surface area contributed by atoms with Crippen LogP contribution in [0.1, 0.15) is 41.5 Å². The molecule has 0 aromatic carbocycles. The van der Waals surface area contributed by atoms with Gasteiger partial charge in [0.2, 0.25) is 11.2 Å². The molecule has 264 valence electrons. The second kappa shape index (κ2) is 17.7. The van der Waals surface area contributed by atoms with Gasteiger partial charge in [0.25, 0.3) is 0 Å². The van der Waals surface area contributed by atoms with Gasteiger partial charge in [0.1, 0.15) is 11.2 Å². The molecule has 0 bridgehead atoms. The molecule has 2 fully saturated rings. The van der Waals surface area contributed by atoms with Crippen LogP contribution in [0.3, 0.4) is 0 Å². The number of nitrogen functional groups attached to an aromatic ring is 2. The van der Waals surface area contributed by atoms with Gasteiger partial charge in [-0.05, 0) is 53.1 Å². The zero-order chi connectivity index (χ0) is 35.5. The first-order chi connectivity index (χ1) is 21.8. The van der Waals surface area contributed by atoms with Crippen LogP contribution in [0.2, 0.25) is 15.6 Å². The molecule has 2 amide bonds. The number of piperazine rings is 2. The molecule has 2 atom stereocenters. The van der Waals surface area contributed by atoms with Gasteiger partial charge in [-0.15, -0.1) is 20.4 Å². The van der Waals surface area contributed by atoms with E-state index in [1.165, 1.54) is 4.90 Å². The Bertz CT molecular complexity index is 1330. The van der Waals surface area contributed by atoms with Gasteiger partial charge in [0, 0.05) is 39.3 Å². The summed E-state index contributed by atoms with van der Waals surface area (Å²) >= 11 is 16.4. The number of carbonyl (C=O) groups is 2. The van der Waals surface area contributed by atoms with Crippen LogP contribution in [0.5, 0.6) is 0 Å². The van der Waals surface area contributed by atoms with Gasteiger partial charge in [-0.1, -0.05) is 23.2 Å². The Morgan fingerprint density at radius 1 is 0.809 bits per heavy atom. The van der Waals surface area contributed by atoms with E-state index in [0.717, 1.165) is 6.54 Å². The largest absolute Gasteiger partial charge is 0.444 e. The Hall–Kier alpha value is -3.29. The monoisotopic (exact) mass is 724 g/mol. The quantitative estimate of drug-likeness (QED) is 0.301. The predicted octanol–water partition coefficient (Wildman–Crippen LogP) is 1.47. The van der Waals surface area contributed by atoms with E-state index in [4.69, 9.17) is 60.9 Å². The minimum absolute atomic E-state index is 0.00287. The van der Waals surface area contributed by atoms with Gasteiger partial charge < -0.3 is 46.3 Å². The van der Waals surface area contributed by atoms with Gasteiger partial charge in [0.15, 0.2) is 21.9 Å². The van der Waals surface area contributed by atoms with Crippen LogP contribution < -0.4 is 21.7 Å². The highest BCUT2D eigenvalue weighted by molar-refractivity contribution is 6.32. The number of halogens is 3. The lowest BCUT2D eigenvalue weighted by molar-refractivity contribution is 0.00441. The first-order valence-electron chi connectivity index (χ1n) is 14.5. The summed E-state index contributed by atoms with van der Waals surface area (Å²) in [6.07, 6.45) is -0.797. The number of carbonyl (C=O) groups excluding carboxylic acids is 2. The second-order valence-corrected chi connectivity index (χ2v) is 13.3. The summed E-state index contributed by atoms with van der Waals surface area (Å²) in [5, 5.41) is 36.3. The van der Waals surface area contributed by atoms with Crippen LogP contribution >= 0.6 is 34.8 Å². The highest BCUT2D eigenvalue weighted by atomic mass is 35.5. The number of hydrogen-bond donors (Lipinski definition) is 5. The SMILES string of the molecule is CC(C)(C)OC(=O)N1CCN(c2nnc(Cl)c(N)n2)C[C@H]1CO.CC(C)(C)OC(=O)N1CCNC[C@H]1CO.Nc1nc(Cl)nnc1Cl. The van der Waals surface area contributed by atoms with Crippen molar-refractivity contribution in [3.63, 3.8) is 0 Å². The van der Waals surface area contributed by atoms with Crippen LogP contribution in [-0.2, 0) is 9.47 Å². The fourth-order valence-electron chi connectivity index (χ4n) is 3.99. The molecule has 2 aromatic rings. The molecule has 4 rings (SSSR count). The highest BCUT2D eigenvalue weighted by Gasteiger charge is 2.34. The highest BCUT2D eigenvalue weighted by Crippen LogP contribution is 2.21. The zero-order valence-electron chi connectivity index (χ0n) is 27.2. The van der Waals surface area contributed by atoms with E-state index < -0.39 is 23.3 Å². The lowest BCUT2D eigenvalue weighted by atomic mass is 10.2. The lowest BCUT2D eigenvalue weighted by Crippen LogP contribution is -2.58. The van der Waals surface area contributed by atoms with E-state index >= 15 is 0 Å². The molecule has 21 heteroatoms. The molecule has 2 aliphatic heterocycles. The van der Waals surface area contributed by atoms with Crippen molar-refractivity contribution in [2.24, 2.45) is 0 Å². The summed E-state index contributed by atoms with van der Waals surface area (Å²) in [6, 6.07) is -0.604. The number of aliphatic hydroxyl groups excluding tert-OH is 2. The summed E-state index contributed by atoms with van der Waals surface area (Å²) < 4.78 is 10.6. The number of amides is 2. The first-order valence-corrected chi connectivity index (χ1v) is 15.6. The molecule has 0 aliphatic carbocycles. The van der Waals surface area contributed by atoms with Crippen molar-refractivity contribution in [2.75, 3.05) is 68.8 Å². The van der Waals surface area contributed by atoms with E-state index in [0.29, 0.717) is 38.7 Å². The fraction of sp³-hybridized carbons (Fsp3) is 0.692. The molecule has 7 N–H and O–H groups in total. The molecular formula is C26H43Cl3N12O6. The molecule has 18 nitrogen and oxygen atoms in total. The Kier molecular flexibility index (Phi) is 15.1. The topological polar surface area (TPSA) is 244 Å². The average molecular weight is 726 g/mol. The van der Waals surface area contributed by atoms with E-state index in [1.807, 2.05) is 20.8 Å². The number of rotatable bonds is 3. The Balaban J connectivity index is 0.000000273. The van der Waals surface area contributed by atoms with Crippen molar-refractivity contribution in [3.05, 3.63) is 15.6 Å². The van der Waals surface area contributed by atoms with Crippen molar-refractivity contribution in [2.45, 2.75) is 64.8 Å². The number of nitrogens with zero attached hydrogens (tertiary/aromatic N) is 9. The third-order valence-corrected chi connectivity index (χ3v) is 6.80. The molecular weight excluding hydrogens is 683 g/mol. The van der Waals surface area contributed by atoms with Crippen LogP contribution in [0, 0.1) is 0 Å². The Labute approximate surface area is 288 Å². The summed E-state index contributed by atoms with van der Waals surface area (Å²) in [5.74, 6) is 0.498. The molecule has 47 heavy (non-hydrogen) atoms. The smallest absolute Gasteiger partial charge is 0.410 e. The average Bonchev–Trinajstić information content (AvgIpc) is 2.99. The van der Waals surface area contributed by atoms with Crippen LogP contribution in [0.15, 0.2) is 0 Å². The molecule has 0 saturated carbocycles. The number of nitrogens with one attached hydrogen (secondary N) is 1. The number of aliphatic hydroxyl groups is 2. The maximum atomic E-state index is 12.2. The minimum Gasteiger partial charge on any atom is -0.444 e. The minimum atomic E-state index is -0.591. The summed E-state index contributed by atoms with van der Waals surface area (Å²) in [4.78, 5) is 36.4. The van der Waals surface area contributed by atoms with Gasteiger partial charge in [-0.2, -0.15) is 9.97 Å². The van der Waals surface area contributed by atoms with E-state index in [-0.39, 0.29) is 52.6 Å². The van der Waals surface area contributed by atoms with Crippen molar-refractivity contribution >= 4 is 64.6 Å².